The molecule has 120 valence electrons. The van der Waals surface area contributed by atoms with Crippen molar-refractivity contribution in [1.29, 1.82) is 0 Å². The number of carbonyl (C=O) groups excluding carboxylic acids is 2. The summed E-state index contributed by atoms with van der Waals surface area (Å²) in [5, 5.41) is 16.0. The average Bonchev–Trinajstić information content (AvgIpc) is 2.99. The number of ether oxygens (including phenoxy) is 1. The number of nitrogens with two attached hydrogens (primary N) is 1. The molecular weight excluding hydrogens is 308 g/mol. The van der Waals surface area contributed by atoms with E-state index < -0.39 is 12.0 Å². The van der Waals surface area contributed by atoms with Crippen LogP contribution in [0, 0.1) is 0 Å². The number of carboxylic acid groups (broad SMARTS) is 1. The Morgan fingerprint density at radius 1 is 1.41 bits per heavy atom. The Balaban J connectivity index is 1.82. The van der Waals surface area contributed by atoms with Crippen LogP contribution in [-0.4, -0.2) is 37.2 Å². The Labute approximate surface area is 133 Å². The van der Waals surface area contributed by atoms with Crippen molar-refractivity contribution in [2.24, 2.45) is 0 Å². The molecule has 0 bridgehead atoms. The molecule has 1 aromatic rings. The second-order valence-electron chi connectivity index (χ2n) is 5.29. The van der Waals surface area contributed by atoms with Gasteiger partial charge in [0.1, 0.15) is 18.7 Å². The van der Waals surface area contributed by atoms with E-state index in [9.17, 15) is 14.7 Å². The SMILES string of the molecule is O=C(C[C@H]([NH2+]C[C@@H]1CCCO1)C(=O)[O-])Nc1ccc(Cl)cc1. The Kier molecular flexibility index (Phi) is 6.18. The highest BCUT2D eigenvalue weighted by molar-refractivity contribution is 6.30. The van der Waals surface area contributed by atoms with Gasteiger partial charge in [-0.25, -0.2) is 0 Å². The molecule has 1 fully saturated rings. The molecule has 1 heterocycles. The summed E-state index contributed by atoms with van der Waals surface area (Å²) in [6, 6.07) is 5.69. The number of carbonyl (C=O) groups is 2. The summed E-state index contributed by atoms with van der Waals surface area (Å²) in [6.45, 7) is 1.23. The highest BCUT2D eigenvalue weighted by Crippen LogP contribution is 2.13. The predicted octanol–water partition coefficient (Wildman–Crippen LogP) is -0.470. The third-order valence-electron chi connectivity index (χ3n) is 3.54. The van der Waals surface area contributed by atoms with E-state index in [1.807, 2.05) is 0 Å². The normalized spacial score (nSPS) is 18.9. The molecule has 3 N–H and O–H groups in total. The quantitative estimate of drug-likeness (QED) is 0.708. The molecule has 1 aromatic carbocycles. The summed E-state index contributed by atoms with van der Waals surface area (Å²) >= 11 is 5.76. The van der Waals surface area contributed by atoms with E-state index in [0.29, 0.717) is 23.9 Å². The van der Waals surface area contributed by atoms with Crippen LogP contribution < -0.4 is 15.7 Å². The molecule has 6 nitrogen and oxygen atoms in total. The minimum atomic E-state index is -1.25. The molecule has 1 aliphatic rings. The monoisotopic (exact) mass is 326 g/mol. The number of carboxylic acids is 1. The number of nitrogens with one attached hydrogen (secondary N) is 1. The van der Waals surface area contributed by atoms with Crippen molar-refractivity contribution in [2.45, 2.75) is 31.4 Å². The summed E-state index contributed by atoms with van der Waals surface area (Å²) in [7, 11) is 0. The lowest BCUT2D eigenvalue weighted by atomic mass is 10.1. The molecule has 1 amide bonds. The number of halogens is 1. The largest absolute Gasteiger partial charge is 0.544 e. The molecule has 7 heteroatoms. The summed E-state index contributed by atoms with van der Waals surface area (Å²) < 4.78 is 5.44. The van der Waals surface area contributed by atoms with Crippen LogP contribution in [0.15, 0.2) is 24.3 Å². The highest BCUT2D eigenvalue weighted by Gasteiger charge is 2.23. The molecule has 0 spiro atoms. The van der Waals surface area contributed by atoms with E-state index in [1.165, 1.54) is 0 Å². The Morgan fingerprint density at radius 3 is 2.73 bits per heavy atom. The molecule has 2 rings (SSSR count). The van der Waals surface area contributed by atoms with Gasteiger partial charge < -0.3 is 25.3 Å². The first-order valence-electron chi connectivity index (χ1n) is 7.26. The highest BCUT2D eigenvalue weighted by atomic mass is 35.5. The Bertz CT molecular complexity index is 515. The van der Waals surface area contributed by atoms with Gasteiger partial charge in [0.2, 0.25) is 5.91 Å². The number of anilines is 1. The van der Waals surface area contributed by atoms with Crippen LogP contribution in [0.25, 0.3) is 0 Å². The van der Waals surface area contributed by atoms with Gasteiger partial charge in [-0.1, -0.05) is 11.6 Å². The van der Waals surface area contributed by atoms with Gasteiger partial charge in [0.15, 0.2) is 0 Å². The standard InChI is InChI=1S/C15H19ClN2O4/c16-10-3-5-11(6-4-10)18-14(19)8-13(15(20)21)17-9-12-2-1-7-22-12/h3-6,12-13,17H,1-2,7-9H2,(H,18,19)(H,20,21)/t12-,13-/m0/s1. The predicted molar refractivity (Wildman–Crippen MR) is 79.3 cm³/mol. The molecule has 1 saturated heterocycles. The van der Waals surface area contributed by atoms with Crippen LogP contribution >= 0.6 is 11.6 Å². The van der Waals surface area contributed by atoms with Gasteiger partial charge in [0.25, 0.3) is 0 Å². The van der Waals surface area contributed by atoms with Crippen LogP contribution in [0.2, 0.25) is 5.02 Å². The topological polar surface area (TPSA) is 95.1 Å². The number of benzene rings is 1. The van der Waals surface area contributed by atoms with E-state index in [4.69, 9.17) is 16.3 Å². The maximum atomic E-state index is 11.9. The van der Waals surface area contributed by atoms with Crippen molar-refractivity contribution in [3.63, 3.8) is 0 Å². The zero-order chi connectivity index (χ0) is 15.9. The van der Waals surface area contributed by atoms with Gasteiger partial charge in [0, 0.05) is 17.3 Å². The van der Waals surface area contributed by atoms with Gasteiger partial charge in [-0.3, -0.25) is 4.79 Å². The van der Waals surface area contributed by atoms with Crippen LogP contribution in [0.3, 0.4) is 0 Å². The number of hydrogen-bond acceptors (Lipinski definition) is 4. The lowest BCUT2D eigenvalue weighted by molar-refractivity contribution is -0.687. The van der Waals surface area contributed by atoms with Gasteiger partial charge in [0.05, 0.1) is 12.4 Å². The van der Waals surface area contributed by atoms with E-state index in [-0.39, 0.29) is 18.4 Å². The fourth-order valence-electron chi connectivity index (χ4n) is 2.35. The number of rotatable bonds is 7. The van der Waals surface area contributed by atoms with Crippen molar-refractivity contribution >= 4 is 29.2 Å². The van der Waals surface area contributed by atoms with E-state index >= 15 is 0 Å². The molecule has 0 saturated carbocycles. The molecule has 22 heavy (non-hydrogen) atoms. The Morgan fingerprint density at radius 2 is 2.14 bits per heavy atom. The molecule has 0 unspecified atom stereocenters. The maximum absolute atomic E-state index is 11.9. The summed E-state index contributed by atoms with van der Waals surface area (Å²) in [5.41, 5.74) is 0.575. The Hall–Kier alpha value is -1.63. The molecule has 0 radical (unpaired) electrons. The van der Waals surface area contributed by atoms with Crippen molar-refractivity contribution < 1.29 is 24.7 Å². The first kappa shape index (κ1) is 16.7. The molecule has 0 aromatic heterocycles. The summed E-state index contributed by atoms with van der Waals surface area (Å²) in [5.74, 6) is -1.62. The second-order valence-corrected chi connectivity index (χ2v) is 5.73. The zero-order valence-electron chi connectivity index (χ0n) is 12.1. The van der Waals surface area contributed by atoms with Crippen LogP contribution in [0.5, 0.6) is 0 Å². The average molecular weight is 327 g/mol. The number of quaternary nitrogens is 1. The summed E-state index contributed by atoms with van der Waals surface area (Å²) in [4.78, 5) is 23.1. The lowest BCUT2D eigenvalue weighted by Crippen LogP contribution is -2.94. The fraction of sp³-hybridized carbons (Fsp3) is 0.467. The third kappa shape index (κ3) is 5.29. The van der Waals surface area contributed by atoms with Crippen LogP contribution in [0.1, 0.15) is 19.3 Å². The van der Waals surface area contributed by atoms with Crippen molar-refractivity contribution in [3.8, 4) is 0 Å². The first-order valence-corrected chi connectivity index (χ1v) is 7.63. The van der Waals surface area contributed by atoms with Crippen LogP contribution in [-0.2, 0) is 14.3 Å². The van der Waals surface area contributed by atoms with Gasteiger partial charge >= 0.3 is 0 Å². The molecule has 1 aliphatic heterocycles. The first-order chi connectivity index (χ1) is 10.5. The fourth-order valence-corrected chi connectivity index (χ4v) is 2.48. The summed E-state index contributed by atoms with van der Waals surface area (Å²) in [6.07, 6.45) is 1.82. The van der Waals surface area contributed by atoms with E-state index in [0.717, 1.165) is 12.8 Å². The number of hydrogen-bond donors (Lipinski definition) is 2. The zero-order valence-corrected chi connectivity index (χ0v) is 12.8. The van der Waals surface area contributed by atoms with Crippen molar-refractivity contribution in [2.75, 3.05) is 18.5 Å². The molecule has 2 atom stereocenters. The second kappa shape index (κ2) is 8.12. The third-order valence-corrected chi connectivity index (χ3v) is 3.80. The van der Waals surface area contributed by atoms with Gasteiger partial charge in [-0.2, -0.15) is 0 Å². The lowest BCUT2D eigenvalue weighted by Gasteiger charge is -2.18. The number of aliphatic carboxylic acids is 1. The number of amides is 1. The minimum absolute atomic E-state index is 0.0566. The van der Waals surface area contributed by atoms with Crippen LogP contribution in [0.4, 0.5) is 5.69 Å². The maximum Gasteiger partial charge on any atom is 0.230 e. The van der Waals surface area contributed by atoms with Crippen molar-refractivity contribution in [3.05, 3.63) is 29.3 Å². The van der Waals surface area contributed by atoms with Gasteiger partial charge in [-0.05, 0) is 37.1 Å². The van der Waals surface area contributed by atoms with Crippen molar-refractivity contribution in [1.82, 2.24) is 0 Å². The molecule has 0 aliphatic carbocycles. The van der Waals surface area contributed by atoms with Gasteiger partial charge in [-0.15, -0.1) is 0 Å². The van der Waals surface area contributed by atoms with E-state index in [1.54, 1.807) is 29.6 Å². The minimum Gasteiger partial charge on any atom is -0.544 e. The van der Waals surface area contributed by atoms with E-state index in [2.05, 4.69) is 5.32 Å². The smallest absolute Gasteiger partial charge is 0.230 e. The molecular formula is C15H19ClN2O4.